The lowest BCUT2D eigenvalue weighted by Gasteiger charge is -2.21. The van der Waals surface area contributed by atoms with Crippen LogP contribution in [0, 0.1) is 6.92 Å². The molecule has 0 amide bonds. The van der Waals surface area contributed by atoms with E-state index < -0.39 is 0 Å². The lowest BCUT2D eigenvalue weighted by atomic mass is 9.95. The van der Waals surface area contributed by atoms with Crippen LogP contribution in [0.25, 0.3) is 55.0 Å². The highest BCUT2D eigenvalue weighted by atomic mass is 15.0. The Labute approximate surface area is 197 Å². The van der Waals surface area contributed by atoms with Crippen molar-refractivity contribution in [2.24, 2.45) is 0 Å². The van der Waals surface area contributed by atoms with E-state index in [4.69, 9.17) is 0 Å². The van der Waals surface area contributed by atoms with Gasteiger partial charge in [0.2, 0.25) is 0 Å². The zero-order valence-corrected chi connectivity index (χ0v) is 18.9. The van der Waals surface area contributed by atoms with Crippen LogP contribution in [0.15, 0.2) is 103 Å². The Balaban J connectivity index is 1.67. The summed E-state index contributed by atoms with van der Waals surface area (Å²) in [6.07, 6.45) is 0.953. The highest BCUT2D eigenvalue weighted by Gasteiger charge is 2.26. The van der Waals surface area contributed by atoms with Gasteiger partial charge in [0.15, 0.2) is 0 Å². The van der Waals surface area contributed by atoms with Crippen LogP contribution >= 0.6 is 0 Å². The summed E-state index contributed by atoms with van der Waals surface area (Å²) in [5, 5.41) is 5.37. The molecule has 160 valence electrons. The fraction of sp³-hybridized carbons (Fsp3) is 0.0625. The molecular formula is C32H22N2. The van der Waals surface area contributed by atoms with Gasteiger partial charge in [0, 0.05) is 39.3 Å². The minimum atomic E-state index is 0.953. The molecule has 0 radical (unpaired) electrons. The van der Waals surface area contributed by atoms with E-state index in [1.807, 2.05) is 0 Å². The van der Waals surface area contributed by atoms with Crippen LogP contribution < -0.4 is 0 Å². The monoisotopic (exact) mass is 434 g/mol. The van der Waals surface area contributed by atoms with E-state index in [9.17, 15) is 0 Å². The Morgan fingerprint density at radius 2 is 1.26 bits per heavy atom. The van der Waals surface area contributed by atoms with Gasteiger partial charge in [-0.25, -0.2) is 0 Å². The lowest BCUT2D eigenvalue weighted by Crippen LogP contribution is -2.08. The second kappa shape index (κ2) is 6.39. The summed E-state index contributed by atoms with van der Waals surface area (Å²) < 4.78 is 4.96. The summed E-state index contributed by atoms with van der Waals surface area (Å²) >= 11 is 0. The quantitative estimate of drug-likeness (QED) is 0.247. The molecule has 2 aromatic heterocycles. The molecule has 0 saturated carbocycles. The molecule has 3 heterocycles. The third kappa shape index (κ3) is 2.20. The van der Waals surface area contributed by atoms with Crippen LogP contribution in [-0.2, 0) is 6.42 Å². The maximum Gasteiger partial charge on any atom is 0.0584 e. The number of hydrogen-bond donors (Lipinski definition) is 0. The Hall–Kier alpha value is -4.30. The van der Waals surface area contributed by atoms with Gasteiger partial charge in [-0.15, -0.1) is 0 Å². The summed E-state index contributed by atoms with van der Waals surface area (Å²) in [6, 6.07) is 37.9. The van der Waals surface area contributed by atoms with Crippen LogP contribution in [0.3, 0.4) is 0 Å². The number of hydrogen-bond acceptors (Lipinski definition) is 0. The normalized spacial score (nSPS) is 12.7. The lowest BCUT2D eigenvalue weighted by molar-refractivity contribution is 1.04. The van der Waals surface area contributed by atoms with Crippen molar-refractivity contribution in [3.63, 3.8) is 0 Å². The van der Waals surface area contributed by atoms with Crippen molar-refractivity contribution in [1.29, 1.82) is 0 Å². The summed E-state index contributed by atoms with van der Waals surface area (Å²) in [7, 11) is 0. The molecule has 0 spiro atoms. The third-order valence-electron chi connectivity index (χ3n) is 7.52. The van der Waals surface area contributed by atoms with Crippen LogP contribution in [0.2, 0.25) is 0 Å². The van der Waals surface area contributed by atoms with Gasteiger partial charge >= 0.3 is 0 Å². The zero-order chi connectivity index (χ0) is 22.4. The molecule has 0 saturated heterocycles. The van der Waals surface area contributed by atoms with E-state index in [2.05, 4.69) is 119 Å². The molecular weight excluding hydrogens is 412 g/mol. The molecule has 0 aliphatic carbocycles. The average Bonchev–Trinajstić information content (AvgIpc) is 3.38. The average molecular weight is 435 g/mol. The standard InChI is InChI=1S/C32H22N2/c1-20-9-8-11-23(17-20)33-27-15-6-3-12-24(27)30-29(33)19-22-18-21-10-2-5-14-26(21)34-28-16-7-4-13-25(28)31(30)32(22)34/h2-17,19H,18H2,1H3. The molecule has 0 unspecified atom stereocenters. The van der Waals surface area contributed by atoms with Crippen LogP contribution in [-0.4, -0.2) is 9.13 Å². The fourth-order valence-corrected chi connectivity index (χ4v) is 6.20. The zero-order valence-electron chi connectivity index (χ0n) is 18.9. The minimum Gasteiger partial charge on any atom is -0.309 e. The largest absolute Gasteiger partial charge is 0.309 e. The molecule has 1 aliphatic rings. The summed E-state index contributed by atoms with van der Waals surface area (Å²) in [5.74, 6) is 0. The summed E-state index contributed by atoms with van der Waals surface area (Å²) in [5.41, 5.74) is 11.8. The van der Waals surface area contributed by atoms with Crippen molar-refractivity contribution in [2.75, 3.05) is 0 Å². The number of benzene rings is 5. The molecule has 0 N–H and O–H groups in total. The van der Waals surface area contributed by atoms with Crippen molar-refractivity contribution in [1.82, 2.24) is 9.13 Å². The number of rotatable bonds is 1. The number of fused-ring (bicyclic) bond motifs is 9. The first-order valence-electron chi connectivity index (χ1n) is 11.9. The molecule has 0 atom stereocenters. The Bertz CT molecular complexity index is 1950. The van der Waals surface area contributed by atoms with Crippen molar-refractivity contribution in [3.05, 3.63) is 120 Å². The van der Waals surface area contributed by atoms with Crippen molar-refractivity contribution >= 4 is 43.6 Å². The Morgan fingerprint density at radius 1 is 0.559 bits per heavy atom. The van der Waals surface area contributed by atoms with Crippen molar-refractivity contribution in [2.45, 2.75) is 13.3 Å². The van der Waals surface area contributed by atoms with E-state index in [0.717, 1.165) is 6.42 Å². The van der Waals surface area contributed by atoms with E-state index in [1.54, 1.807) is 0 Å². The molecule has 7 aromatic rings. The first-order valence-corrected chi connectivity index (χ1v) is 11.9. The molecule has 5 aromatic carbocycles. The second-order valence-corrected chi connectivity index (χ2v) is 9.50. The van der Waals surface area contributed by atoms with Gasteiger partial charge < -0.3 is 9.13 Å². The van der Waals surface area contributed by atoms with E-state index >= 15 is 0 Å². The number of nitrogens with zero attached hydrogens (tertiary/aromatic N) is 2. The highest BCUT2D eigenvalue weighted by molar-refractivity contribution is 6.29. The van der Waals surface area contributed by atoms with Gasteiger partial charge in [0.05, 0.1) is 22.1 Å². The number of aromatic nitrogens is 2. The maximum atomic E-state index is 2.50. The smallest absolute Gasteiger partial charge is 0.0584 e. The van der Waals surface area contributed by atoms with Crippen molar-refractivity contribution < 1.29 is 0 Å². The van der Waals surface area contributed by atoms with Crippen molar-refractivity contribution in [3.8, 4) is 11.4 Å². The molecule has 34 heavy (non-hydrogen) atoms. The first kappa shape index (κ1) is 18.2. The van der Waals surface area contributed by atoms with Crippen LogP contribution in [0.1, 0.15) is 16.7 Å². The topological polar surface area (TPSA) is 9.86 Å². The Morgan fingerprint density at radius 3 is 2.09 bits per heavy atom. The molecule has 0 bridgehead atoms. The summed E-state index contributed by atoms with van der Waals surface area (Å²) in [6.45, 7) is 2.17. The van der Waals surface area contributed by atoms with Gasteiger partial charge in [0.25, 0.3) is 0 Å². The van der Waals surface area contributed by atoms with E-state index in [-0.39, 0.29) is 0 Å². The van der Waals surface area contributed by atoms with Gasteiger partial charge in [-0.3, -0.25) is 0 Å². The molecule has 1 aliphatic heterocycles. The van der Waals surface area contributed by atoms with E-state index in [0.29, 0.717) is 0 Å². The number of para-hydroxylation sites is 3. The predicted octanol–water partition coefficient (Wildman–Crippen LogP) is 8.09. The Kier molecular flexibility index (Phi) is 3.41. The SMILES string of the molecule is Cc1cccc(-n2c3ccccc3c3c4c5ccccc5n5c4c(cc32)Cc2ccccc2-5)c1. The fourth-order valence-electron chi connectivity index (χ4n) is 6.20. The minimum absolute atomic E-state index is 0.953. The predicted molar refractivity (Wildman–Crippen MR) is 143 cm³/mol. The molecule has 2 heteroatoms. The molecule has 2 nitrogen and oxygen atoms in total. The molecule has 8 rings (SSSR count). The first-order chi connectivity index (χ1) is 16.8. The van der Waals surface area contributed by atoms with Gasteiger partial charge in [-0.05, 0) is 60.0 Å². The van der Waals surface area contributed by atoms with Gasteiger partial charge in [-0.2, -0.15) is 0 Å². The second-order valence-electron chi connectivity index (χ2n) is 9.50. The van der Waals surface area contributed by atoms with Crippen LogP contribution in [0.4, 0.5) is 0 Å². The van der Waals surface area contributed by atoms with Gasteiger partial charge in [-0.1, -0.05) is 66.7 Å². The number of aryl methyl sites for hydroxylation is 1. The van der Waals surface area contributed by atoms with Gasteiger partial charge in [0.1, 0.15) is 0 Å². The van der Waals surface area contributed by atoms with E-state index in [1.165, 1.54) is 71.7 Å². The third-order valence-corrected chi connectivity index (χ3v) is 7.52. The maximum absolute atomic E-state index is 2.50. The summed E-state index contributed by atoms with van der Waals surface area (Å²) in [4.78, 5) is 0. The highest BCUT2D eigenvalue weighted by Crippen LogP contribution is 2.46. The molecule has 0 fully saturated rings. The van der Waals surface area contributed by atoms with Crippen LogP contribution in [0.5, 0.6) is 0 Å².